The number of carbonyl (C=O) groups is 2. The van der Waals surface area contributed by atoms with Crippen LogP contribution in [0.5, 0.6) is 0 Å². The van der Waals surface area contributed by atoms with Gasteiger partial charge in [-0.25, -0.2) is 0 Å². The van der Waals surface area contributed by atoms with Crippen molar-refractivity contribution in [3.05, 3.63) is 70.9 Å². The minimum Gasteiger partial charge on any atom is -0.356 e. The lowest BCUT2D eigenvalue weighted by atomic mass is 9.90. The van der Waals surface area contributed by atoms with Gasteiger partial charge in [-0.05, 0) is 68.2 Å². The maximum atomic E-state index is 13.1. The molecular weight excluding hydrogens is 384 g/mol. The molecule has 4 nitrogen and oxygen atoms in total. The number of hydrogen-bond acceptors (Lipinski definition) is 2. The van der Waals surface area contributed by atoms with Crippen LogP contribution in [-0.4, -0.2) is 16.7 Å². The van der Waals surface area contributed by atoms with Crippen LogP contribution in [0.3, 0.4) is 0 Å². The maximum absolute atomic E-state index is 13.1. The van der Waals surface area contributed by atoms with E-state index in [4.69, 9.17) is 0 Å². The highest BCUT2D eigenvalue weighted by atomic mass is 16.2. The number of H-pyrrole nitrogens is 1. The molecule has 0 bridgehead atoms. The third-order valence-electron chi connectivity index (χ3n) is 7.22. The van der Waals surface area contributed by atoms with Crippen molar-refractivity contribution in [1.29, 1.82) is 0 Å². The Kier molecular flexibility index (Phi) is 5.39. The minimum absolute atomic E-state index is 0.0405. The molecule has 4 heteroatoms. The monoisotopic (exact) mass is 414 g/mol. The fraction of sp³-hybridized carbons (Fsp3) is 0.407. The largest absolute Gasteiger partial charge is 0.356 e. The molecule has 0 aliphatic heterocycles. The predicted octanol–water partition coefficient (Wildman–Crippen LogP) is 5.38. The van der Waals surface area contributed by atoms with Crippen molar-refractivity contribution in [2.75, 3.05) is 0 Å². The van der Waals surface area contributed by atoms with E-state index in [1.165, 1.54) is 22.2 Å². The van der Waals surface area contributed by atoms with Crippen LogP contribution >= 0.6 is 0 Å². The Morgan fingerprint density at radius 3 is 2.61 bits per heavy atom. The molecule has 2 aliphatic carbocycles. The number of benzene rings is 2. The first-order valence-corrected chi connectivity index (χ1v) is 11.6. The molecule has 2 aliphatic rings. The number of nitrogens with one attached hydrogen (secondary N) is 2. The van der Waals surface area contributed by atoms with Gasteiger partial charge in [-0.15, -0.1) is 0 Å². The van der Waals surface area contributed by atoms with Gasteiger partial charge in [0.05, 0.1) is 12.0 Å². The van der Waals surface area contributed by atoms with E-state index >= 15 is 0 Å². The number of amides is 1. The Hall–Kier alpha value is -2.88. The van der Waals surface area contributed by atoms with Gasteiger partial charge >= 0.3 is 0 Å². The van der Waals surface area contributed by atoms with Crippen LogP contribution in [0.25, 0.3) is 10.9 Å². The molecular formula is C27H30N2O2. The van der Waals surface area contributed by atoms with Crippen LogP contribution in [0.15, 0.2) is 48.5 Å². The van der Waals surface area contributed by atoms with Crippen LogP contribution in [0.1, 0.15) is 73.4 Å². The Morgan fingerprint density at radius 2 is 1.84 bits per heavy atom. The van der Waals surface area contributed by atoms with Gasteiger partial charge in [0, 0.05) is 28.9 Å². The molecule has 0 unspecified atom stereocenters. The molecule has 1 amide bonds. The lowest BCUT2D eigenvalue weighted by molar-refractivity contribution is -0.123. The van der Waals surface area contributed by atoms with Crippen LogP contribution in [0.4, 0.5) is 0 Å². The lowest BCUT2D eigenvalue weighted by Crippen LogP contribution is -2.34. The van der Waals surface area contributed by atoms with Gasteiger partial charge in [0.25, 0.3) is 0 Å². The van der Waals surface area contributed by atoms with Crippen molar-refractivity contribution < 1.29 is 9.59 Å². The van der Waals surface area contributed by atoms with E-state index < -0.39 is 0 Å². The van der Waals surface area contributed by atoms with Crippen LogP contribution in [0.2, 0.25) is 0 Å². The predicted molar refractivity (Wildman–Crippen MR) is 123 cm³/mol. The molecule has 3 atom stereocenters. The summed E-state index contributed by atoms with van der Waals surface area (Å²) in [5.41, 5.74) is 5.88. The first-order valence-electron chi connectivity index (χ1n) is 11.6. The highest BCUT2D eigenvalue weighted by molar-refractivity contribution is 5.87. The number of fused-ring (bicyclic) bond motifs is 3. The summed E-state index contributed by atoms with van der Waals surface area (Å²) in [7, 11) is 0. The van der Waals surface area contributed by atoms with Gasteiger partial charge < -0.3 is 10.3 Å². The van der Waals surface area contributed by atoms with Gasteiger partial charge in [-0.3, -0.25) is 9.59 Å². The molecule has 31 heavy (non-hydrogen) atoms. The number of ketones is 1. The van der Waals surface area contributed by atoms with Crippen molar-refractivity contribution in [3.63, 3.8) is 0 Å². The average Bonchev–Trinajstić information content (AvgIpc) is 3.37. The van der Waals surface area contributed by atoms with Gasteiger partial charge in [0.1, 0.15) is 5.78 Å². The molecule has 3 aromatic rings. The van der Waals surface area contributed by atoms with Gasteiger partial charge in [0.2, 0.25) is 5.91 Å². The Labute approximate surface area is 183 Å². The molecule has 1 heterocycles. The summed E-state index contributed by atoms with van der Waals surface area (Å²) < 4.78 is 0. The second-order valence-corrected chi connectivity index (χ2v) is 9.24. The van der Waals surface area contributed by atoms with E-state index in [0.29, 0.717) is 5.78 Å². The summed E-state index contributed by atoms with van der Waals surface area (Å²) in [5.74, 6) is 0.441. The van der Waals surface area contributed by atoms with E-state index in [0.717, 1.165) is 56.0 Å². The molecule has 160 valence electrons. The third-order valence-corrected chi connectivity index (χ3v) is 7.22. The van der Waals surface area contributed by atoms with Crippen LogP contribution in [0, 0.1) is 5.92 Å². The molecule has 1 fully saturated rings. The average molecular weight is 415 g/mol. The molecule has 5 rings (SSSR count). The molecule has 2 N–H and O–H groups in total. The lowest BCUT2D eigenvalue weighted by Gasteiger charge is -2.25. The molecule has 2 aromatic carbocycles. The second-order valence-electron chi connectivity index (χ2n) is 9.24. The Morgan fingerprint density at radius 1 is 1.06 bits per heavy atom. The van der Waals surface area contributed by atoms with Crippen LogP contribution < -0.4 is 5.32 Å². The van der Waals surface area contributed by atoms with Crippen molar-refractivity contribution >= 4 is 22.6 Å². The topological polar surface area (TPSA) is 62.0 Å². The highest BCUT2D eigenvalue weighted by Crippen LogP contribution is 2.35. The smallest absolute Gasteiger partial charge is 0.227 e. The quantitative estimate of drug-likeness (QED) is 0.589. The number of Topliss-reactive ketones (excluding diaryl/α,β-unsaturated/α-hetero) is 1. The summed E-state index contributed by atoms with van der Waals surface area (Å²) in [6.45, 7) is 1.97. The maximum Gasteiger partial charge on any atom is 0.227 e. The van der Waals surface area contributed by atoms with E-state index in [2.05, 4.69) is 40.6 Å². The number of para-hydroxylation sites is 1. The van der Waals surface area contributed by atoms with Gasteiger partial charge in [-0.1, -0.05) is 42.5 Å². The van der Waals surface area contributed by atoms with Crippen molar-refractivity contribution in [2.24, 2.45) is 5.92 Å². The number of aryl methyl sites for hydroxylation is 1. The fourth-order valence-electron chi connectivity index (χ4n) is 5.34. The van der Waals surface area contributed by atoms with Crippen molar-refractivity contribution in [1.82, 2.24) is 10.3 Å². The fourth-order valence-corrected chi connectivity index (χ4v) is 5.34. The first kappa shape index (κ1) is 20.0. The Balaban J connectivity index is 1.27. The van der Waals surface area contributed by atoms with Crippen molar-refractivity contribution in [2.45, 2.75) is 63.8 Å². The first-order chi connectivity index (χ1) is 15.1. The second kappa shape index (κ2) is 8.33. The highest BCUT2D eigenvalue weighted by Gasteiger charge is 2.28. The summed E-state index contributed by atoms with van der Waals surface area (Å²) in [5, 5.41) is 4.58. The number of hydrogen-bond donors (Lipinski definition) is 2. The zero-order chi connectivity index (χ0) is 21.4. The third kappa shape index (κ3) is 3.91. The zero-order valence-corrected chi connectivity index (χ0v) is 18.1. The summed E-state index contributed by atoms with van der Waals surface area (Å²) >= 11 is 0. The standard InChI is InChI=1S/C27H30N2O2/c1-17(19-14-12-18(13-15-19)16-20-6-4-11-25(20)30)27(31)29-24-10-5-8-22-21-7-2-3-9-23(21)28-26(22)24/h2-3,7,9,12-15,17,20,24,28H,4-6,8,10-11,16H2,1H3,(H,29,31)/t17-,20-,24-/m0/s1. The number of aromatic nitrogens is 1. The normalized spacial score (nSPS) is 21.8. The van der Waals surface area contributed by atoms with Gasteiger partial charge in [0.15, 0.2) is 0 Å². The van der Waals surface area contributed by atoms with E-state index in [1.54, 1.807) is 0 Å². The summed E-state index contributed by atoms with van der Waals surface area (Å²) in [6, 6.07) is 16.7. The van der Waals surface area contributed by atoms with Gasteiger partial charge in [-0.2, -0.15) is 0 Å². The van der Waals surface area contributed by atoms with E-state index in [-0.39, 0.29) is 23.8 Å². The summed E-state index contributed by atoms with van der Waals surface area (Å²) in [4.78, 5) is 28.5. The van der Waals surface area contributed by atoms with E-state index in [9.17, 15) is 9.59 Å². The zero-order valence-electron chi connectivity index (χ0n) is 18.1. The van der Waals surface area contributed by atoms with E-state index in [1.807, 2.05) is 25.1 Å². The Bertz CT molecular complexity index is 1110. The molecule has 1 aromatic heterocycles. The summed E-state index contributed by atoms with van der Waals surface area (Å²) in [6.07, 6.45) is 6.71. The number of rotatable bonds is 5. The minimum atomic E-state index is -0.211. The van der Waals surface area contributed by atoms with Crippen molar-refractivity contribution in [3.8, 4) is 0 Å². The molecule has 0 spiro atoms. The number of aromatic amines is 1. The molecule has 0 radical (unpaired) electrons. The SMILES string of the molecule is C[C@H](C(=O)N[C@H]1CCCc2c1[nH]c1ccccc21)c1ccc(C[C@@H]2CCCC2=O)cc1. The molecule has 0 saturated heterocycles. The van der Waals surface area contributed by atoms with Crippen LogP contribution in [-0.2, 0) is 22.4 Å². The number of carbonyl (C=O) groups excluding carboxylic acids is 2. The molecule has 1 saturated carbocycles.